The van der Waals surface area contributed by atoms with Crippen molar-refractivity contribution < 1.29 is 19.7 Å². The molecule has 0 unspecified atom stereocenters. The highest BCUT2D eigenvalue weighted by atomic mass is 16.4. The molecule has 0 atom stereocenters. The van der Waals surface area contributed by atoms with E-state index in [1.54, 1.807) is 0 Å². The molecule has 2 rings (SSSR count). The highest BCUT2D eigenvalue weighted by molar-refractivity contribution is 5.88. The van der Waals surface area contributed by atoms with E-state index in [1.807, 2.05) is 0 Å². The lowest BCUT2D eigenvalue weighted by atomic mass is 10.2. The van der Waals surface area contributed by atoms with Gasteiger partial charge in [0.1, 0.15) is 16.9 Å². The molecule has 0 spiro atoms. The fourth-order valence-corrected chi connectivity index (χ4v) is 1.36. The summed E-state index contributed by atoms with van der Waals surface area (Å²) < 4.78 is 5.02. The van der Waals surface area contributed by atoms with Gasteiger partial charge in [0.25, 0.3) is 0 Å². The Morgan fingerprint density at radius 2 is 1.73 bits per heavy atom. The third kappa shape index (κ3) is 1.20. The maximum absolute atomic E-state index is 11.5. The van der Waals surface area contributed by atoms with E-state index in [0.717, 1.165) is 6.07 Å². The zero-order chi connectivity index (χ0) is 11.2. The van der Waals surface area contributed by atoms with Gasteiger partial charge in [0, 0.05) is 0 Å². The van der Waals surface area contributed by atoms with Crippen LogP contribution < -0.4 is 5.43 Å². The number of phenols is 2. The molecule has 5 heteroatoms. The van der Waals surface area contributed by atoms with Crippen LogP contribution in [0, 0.1) is 6.92 Å². The molecule has 0 aliphatic rings. The summed E-state index contributed by atoms with van der Waals surface area (Å²) in [6.07, 6.45) is 0. The second-order valence-corrected chi connectivity index (χ2v) is 3.14. The lowest BCUT2D eigenvalue weighted by Gasteiger charge is -2.04. The van der Waals surface area contributed by atoms with Crippen LogP contribution in [0.3, 0.4) is 0 Å². The molecule has 0 aliphatic heterocycles. The summed E-state index contributed by atoms with van der Waals surface area (Å²) in [6, 6.07) is 2.36. The van der Waals surface area contributed by atoms with Gasteiger partial charge in [-0.2, -0.15) is 0 Å². The molecular formula is C10H8O5. The van der Waals surface area contributed by atoms with Gasteiger partial charge < -0.3 is 19.7 Å². The molecule has 5 nitrogen and oxygen atoms in total. The summed E-state index contributed by atoms with van der Waals surface area (Å²) in [4.78, 5) is 11.5. The van der Waals surface area contributed by atoms with E-state index in [4.69, 9.17) is 4.42 Å². The number of fused-ring (bicyclic) bond motifs is 1. The first-order valence-electron chi connectivity index (χ1n) is 4.19. The van der Waals surface area contributed by atoms with Gasteiger partial charge >= 0.3 is 0 Å². The van der Waals surface area contributed by atoms with E-state index in [2.05, 4.69) is 0 Å². The minimum absolute atomic E-state index is 0.00611. The molecule has 0 amide bonds. The highest BCUT2D eigenvalue weighted by Crippen LogP contribution is 2.31. The Kier molecular flexibility index (Phi) is 1.82. The second kappa shape index (κ2) is 2.91. The molecule has 1 heterocycles. The quantitative estimate of drug-likeness (QED) is 0.566. The van der Waals surface area contributed by atoms with Gasteiger partial charge in [-0.3, -0.25) is 4.79 Å². The number of aryl methyl sites for hydroxylation is 1. The largest absolute Gasteiger partial charge is 0.507 e. The molecule has 0 saturated carbocycles. The first-order valence-corrected chi connectivity index (χ1v) is 4.19. The predicted molar refractivity (Wildman–Crippen MR) is 52.2 cm³/mol. The van der Waals surface area contributed by atoms with Crippen molar-refractivity contribution in [3.8, 4) is 17.2 Å². The van der Waals surface area contributed by atoms with Crippen LogP contribution in [-0.2, 0) is 0 Å². The van der Waals surface area contributed by atoms with Crippen LogP contribution in [-0.4, -0.2) is 15.3 Å². The van der Waals surface area contributed by atoms with E-state index in [1.165, 1.54) is 13.0 Å². The Labute approximate surface area is 83.8 Å². The third-order valence-electron chi connectivity index (χ3n) is 2.15. The monoisotopic (exact) mass is 208 g/mol. The molecule has 1 aromatic carbocycles. The van der Waals surface area contributed by atoms with Crippen molar-refractivity contribution in [2.75, 3.05) is 0 Å². The summed E-state index contributed by atoms with van der Waals surface area (Å²) in [5.74, 6) is -1.17. The molecule has 0 saturated heterocycles. The smallest absolute Gasteiger partial charge is 0.238 e. The molecular weight excluding hydrogens is 200 g/mol. The van der Waals surface area contributed by atoms with Crippen molar-refractivity contribution in [1.29, 1.82) is 0 Å². The number of hydrogen-bond acceptors (Lipinski definition) is 5. The van der Waals surface area contributed by atoms with E-state index in [0.29, 0.717) is 0 Å². The van der Waals surface area contributed by atoms with Gasteiger partial charge in [0.05, 0.1) is 0 Å². The van der Waals surface area contributed by atoms with Crippen LogP contribution in [0.15, 0.2) is 21.3 Å². The molecule has 2 aromatic rings. The molecule has 0 bridgehead atoms. The number of rotatable bonds is 0. The van der Waals surface area contributed by atoms with Crippen molar-refractivity contribution in [1.82, 2.24) is 0 Å². The first-order chi connectivity index (χ1) is 7.02. The van der Waals surface area contributed by atoms with Crippen LogP contribution in [0.5, 0.6) is 17.2 Å². The minimum atomic E-state index is -0.762. The lowest BCUT2D eigenvalue weighted by molar-refractivity contribution is 0.413. The summed E-state index contributed by atoms with van der Waals surface area (Å²) in [6.45, 7) is 1.39. The molecule has 3 N–H and O–H groups in total. The zero-order valence-electron chi connectivity index (χ0n) is 7.81. The fourth-order valence-electron chi connectivity index (χ4n) is 1.36. The Bertz CT molecular complexity index is 597. The zero-order valence-corrected chi connectivity index (χ0v) is 7.81. The van der Waals surface area contributed by atoms with E-state index in [9.17, 15) is 20.1 Å². The highest BCUT2D eigenvalue weighted by Gasteiger charge is 2.16. The fraction of sp³-hybridized carbons (Fsp3) is 0.100. The maximum Gasteiger partial charge on any atom is 0.238 e. The average molecular weight is 208 g/mol. The molecule has 0 aliphatic carbocycles. The molecule has 15 heavy (non-hydrogen) atoms. The molecule has 0 radical (unpaired) electrons. The summed E-state index contributed by atoms with van der Waals surface area (Å²) in [5.41, 5.74) is -0.891. The van der Waals surface area contributed by atoms with E-state index >= 15 is 0 Å². The number of benzene rings is 1. The number of aromatic hydroxyl groups is 3. The van der Waals surface area contributed by atoms with Crippen LogP contribution in [0.2, 0.25) is 0 Å². The van der Waals surface area contributed by atoms with Crippen molar-refractivity contribution in [2.24, 2.45) is 0 Å². The van der Waals surface area contributed by atoms with E-state index < -0.39 is 11.2 Å². The maximum atomic E-state index is 11.5. The summed E-state index contributed by atoms with van der Waals surface area (Å²) in [7, 11) is 0. The standard InChI is InChI=1S/C10H8O5/c1-4-8(13)9(14)7-5(11)2-3-6(12)10(7)15-4/h2-3,11-13H,1H3. The summed E-state index contributed by atoms with van der Waals surface area (Å²) >= 11 is 0. The van der Waals surface area contributed by atoms with Crippen LogP contribution in [0.25, 0.3) is 11.0 Å². The van der Waals surface area contributed by atoms with Gasteiger partial charge in [-0.05, 0) is 19.1 Å². The predicted octanol–water partition coefficient (Wildman–Crippen LogP) is 1.22. The van der Waals surface area contributed by atoms with Crippen molar-refractivity contribution in [2.45, 2.75) is 6.92 Å². The van der Waals surface area contributed by atoms with Gasteiger partial charge in [0.15, 0.2) is 11.3 Å². The average Bonchev–Trinajstić information content (AvgIpc) is 2.20. The van der Waals surface area contributed by atoms with E-state index in [-0.39, 0.29) is 28.2 Å². The van der Waals surface area contributed by atoms with Crippen LogP contribution in [0.4, 0.5) is 0 Å². The Morgan fingerprint density at radius 1 is 1.13 bits per heavy atom. The Hall–Kier alpha value is -2.17. The Balaban J connectivity index is 3.12. The first kappa shape index (κ1) is 9.39. The van der Waals surface area contributed by atoms with Crippen molar-refractivity contribution in [3.63, 3.8) is 0 Å². The number of hydrogen-bond donors (Lipinski definition) is 3. The molecule has 78 valence electrons. The minimum Gasteiger partial charge on any atom is -0.507 e. The molecule has 1 aromatic heterocycles. The Morgan fingerprint density at radius 3 is 2.40 bits per heavy atom. The summed E-state index contributed by atoms with van der Waals surface area (Å²) in [5, 5.41) is 27.9. The van der Waals surface area contributed by atoms with Gasteiger partial charge in [-0.1, -0.05) is 0 Å². The van der Waals surface area contributed by atoms with Gasteiger partial charge in [-0.15, -0.1) is 0 Å². The van der Waals surface area contributed by atoms with Crippen LogP contribution in [0.1, 0.15) is 5.76 Å². The van der Waals surface area contributed by atoms with Gasteiger partial charge in [0.2, 0.25) is 11.2 Å². The molecule has 0 fully saturated rings. The van der Waals surface area contributed by atoms with Crippen molar-refractivity contribution in [3.05, 3.63) is 28.1 Å². The third-order valence-corrected chi connectivity index (χ3v) is 2.15. The SMILES string of the molecule is Cc1oc2c(O)ccc(O)c2c(=O)c1O. The number of phenolic OH excluding ortho intramolecular Hbond substituents is 2. The van der Waals surface area contributed by atoms with Gasteiger partial charge in [-0.25, -0.2) is 0 Å². The normalized spacial score (nSPS) is 10.7. The van der Waals surface area contributed by atoms with Crippen LogP contribution >= 0.6 is 0 Å². The second-order valence-electron chi connectivity index (χ2n) is 3.14. The van der Waals surface area contributed by atoms with Crippen molar-refractivity contribution >= 4 is 11.0 Å². The lowest BCUT2D eigenvalue weighted by Crippen LogP contribution is -2.02. The topological polar surface area (TPSA) is 90.9 Å².